The Balaban J connectivity index is 2.59. The van der Waals surface area contributed by atoms with Gasteiger partial charge < -0.3 is 14.2 Å². The van der Waals surface area contributed by atoms with Crippen molar-refractivity contribution in [2.24, 2.45) is 0 Å². The number of hydrogen-bond acceptors (Lipinski definition) is 6. The summed E-state index contributed by atoms with van der Waals surface area (Å²) in [6.45, 7) is 3.33. The van der Waals surface area contributed by atoms with Crippen molar-refractivity contribution in [3.8, 4) is 11.5 Å². The van der Waals surface area contributed by atoms with Gasteiger partial charge in [0.1, 0.15) is 6.54 Å². The molecule has 0 atom stereocenters. The van der Waals surface area contributed by atoms with E-state index in [-0.39, 0.29) is 17.3 Å². The van der Waals surface area contributed by atoms with Gasteiger partial charge in [-0.05, 0) is 37.1 Å². The van der Waals surface area contributed by atoms with Crippen LogP contribution in [0.2, 0.25) is 0 Å². The highest BCUT2D eigenvalue weighted by atomic mass is 32.2. The topological polar surface area (TPSA) is 82.1 Å². The molecule has 0 fully saturated rings. The zero-order chi connectivity index (χ0) is 20.7. The first-order valence-electron chi connectivity index (χ1n) is 8.87. The molecular formula is C20H25NO6S. The van der Waals surface area contributed by atoms with Crippen molar-refractivity contribution in [3.05, 3.63) is 48.0 Å². The molecule has 0 saturated carbocycles. The summed E-state index contributed by atoms with van der Waals surface area (Å²) in [6.07, 6.45) is 0.608. The molecule has 7 nitrogen and oxygen atoms in total. The van der Waals surface area contributed by atoms with E-state index in [1.54, 1.807) is 19.1 Å². The van der Waals surface area contributed by atoms with Crippen molar-refractivity contribution in [1.82, 2.24) is 0 Å². The van der Waals surface area contributed by atoms with Crippen molar-refractivity contribution in [2.45, 2.75) is 25.2 Å². The summed E-state index contributed by atoms with van der Waals surface area (Å²) in [5.41, 5.74) is 1.24. The van der Waals surface area contributed by atoms with Crippen LogP contribution in [0.15, 0.2) is 47.4 Å². The third-order valence-electron chi connectivity index (χ3n) is 4.16. The van der Waals surface area contributed by atoms with Gasteiger partial charge in [0.25, 0.3) is 10.0 Å². The molecule has 0 heterocycles. The molecular weight excluding hydrogens is 382 g/mol. The number of para-hydroxylation sites is 1. The van der Waals surface area contributed by atoms with Gasteiger partial charge in [0, 0.05) is 6.07 Å². The van der Waals surface area contributed by atoms with Crippen molar-refractivity contribution < 1.29 is 27.4 Å². The molecule has 0 aliphatic heterocycles. The van der Waals surface area contributed by atoms with E-state index in [9.17, 15) is 13.2 Å². The van der Waals surface area contributed by atoms with Gasteiger partial charge in [0.2, 0.25) is 0 Å². The number of esters is 1. The Morgan fingerprint density at radius 3 is 2.29 bits per heavy atom. The van der Waals surface area contributed by atoms with E-state index in [1.807, 2.05) is 19.1 Å². The van der Waals surface area contributed by atoms with Crippen LogP contribution in [-0.2, 0) is 26.0 Å². The minimum absolute atomic E-state index is 0.0136. The van der Waals surface area contributed by atoms with Gasteiger partial charge >= 0.3 is 5.97 Å². The number of nitrogens with zero attached hydrogens (tertiary/aromatic N) is 1. The molecule has 2 rings (SSSR count). The quantitative estimate of drug-likeness (QED) is 0.594. The lowest BCUT2D eigenvalue weighted by atomic mass is 10.1. The smallest absolute Gasteiger partial charge is 0.326 e. The van der Waals surface area contributed by atoms with Crippen LogP contribution in [0.5, 0.6) is 11.5 Å². The first kappa shape index (κ1) is 21.6. The van der Waals surface area contributed by atoms with Gasteiger partial charge in [-0.2, -0.15) is 0 Å². The summed E-state index contributed by atoms with van der Waals surface area (Å²) in [4.78, 5) is 12.1. The van der Waals surface area contributed by atoms with Crippen LogP contribution in [-0.4, -0.2) is 41.8 Å². The first-order chi connectivity index (χ1) is 13.4. The summed E-state index contributed by atoms with van der Waals surface area (Å²) >= 11 is 0. The Morgan fingerprint density at radius 1 is 1.00 bits per heavy atom. The van der Waals surface area contributed by atoms with E-state index in [0.29, 0.717) is 17.9 Å². The number of ether oxygens (including phenoxy) is 3. The van der Waals surface area contributed by atoms with Gasteiger partial charge in [-0.25, -0.2) is 8.42 Å². The fourth-order valence-electron chi connectivity index (χ4n) is 2.78. The molecule has 8 heteroatoms. The maximum atomic E-state index is 13.4. The Hall–Kier alpha value is -2.74. The second-order valence-corrected chi connectivity index (χ2v) is 7.68. The van der Waals surface area contributed by atoms with Gasteiger partial charge in [-0.3, -0.25) is 9.10 Å². The summed E-state index contributed by atoms with van der Waals surface area (Å²) in [7, 11) is -1.16. The van der Waals surface area contributed by atoms with Gasteiger partial charge in [-0.15, -0.1) is 0 Å². The van der Waals surface area contributed by atoms with E-state index in [2.05, 4.69) is 0 Å². The number of aryl methyl sites for hydroxylation is 1. The summed E-state index contributed by atoms with van der Waals surface area (Å²) in [5.74, 6) is 0.0632. The van der Waals surface area contributed by atoms with Crippen LogP contribution in [0, 0.1) is 0 Å². The monoisotopic (exact) mass is 407 g/mol. The number of anilines is 1. The Morgan fingerprint density at radius 2 is 1.68 bits per heavy atom. The normalized spacial score (nSPS) is 11.0. The molecule has 2 aromatic rings. The van der Waals surface area contributed by atoms with Gasteiger partial charge in [0.15, 0.2) is 11.5 Å². The molecule has 0 aliphatic carbocycles. The zero-order valence-corrected chi connectivity index (χ0v) is 17.3. The van der Waals surface area contributed by atoms with Gasteiger partial charge in [-0.1, -0.05) is 25.1 Å². The lowest BCUT2D eigenvalue weighted by Crippen LogP contribution is -2.37. The van der Waals surface area contributed by atoms with E-state index in [1.165, 1.54) is 32.4 Å². The first-order valence-corrected chi connectivity index (χ1v) is 10.3. The van der Waals surface area contributed by atoms with Crippen molar-refractivity contribution in [3.63, 3.8) is 0 Å². The molecule has 28 heavy (non-hydrogen) atoms. The van der Waals surface area contributed by atoms with Crippen LogP contribution >= 0.6 is 0 Å². The molecule has 0 aliphatic rings. The average molecular weight is 407 g/mol. The van der Waals surface area contributed by atoms with E-state index < -0.39 is 22.5 Å². The van der Waals surface area contributed by atoms with Gasteiger partial charge in [0.05, 0.1) is 31.4 Å². The van der Waals surface area contributed by atoms with Crippen LogP contribution in [0.1, 0.15) is 19.4 Å². The molecule has 2 aromatic carbocycles. The third-order valence-corrected chi connectivity index (χ3v) is 5.92. The van der Waals surface area contributed by atoms with E-state index in [4.69, 9.17) is 14.2 Å². The molecule has 0 radical (unpaired) electrons. The molecule has 0 aromatic heterocycles. The lowest BCUT2D eigenvalue weighted by molar-refractivity contribution is -0.141. The second-order valence-electron chi connectivity index (χ2n) is 5.82. The standard InChI is InChI=1S/C20H25NO6S/c1-5-15-9-7-8-10-17(15)21(14-20(22)27-6-2)28(23,24)16-11-12-18(25-3)19(13-16)26-4/h7-13H,5-6,14H2,1-4H3. The van der Waals surface area contributed by atoms with Crippen molar-refractivity contribution in [1.29, 1.82) is 0 Å². The molecule has 0 spiro atoms. The third kappa shape index (κ3) is 4.56. The van der Waals surface area contributed by atoms with Crippen molar-refractivity contribution >= 4 is 21.7 Å². The number of rotatable bonds is 9. The number of carbonyl (C=O) groups is 1. The highest BCUT2D eigenvalue weighted by molar-refractivity contribution is 7.92. The highest BCUT2D eigenvalue weighted by Gasteiger charge is 2.30. The Bertz CT molecular complexity index is 926. The van der Waals surface area contributed by atoms with Crippen molar-refractivity contribution in [2.75, 3.05) is 31.7 Å². The second kappa shape index (κ2) is 9.45. The number of carbonyl (C=O) groups excluding carboxylic acids is 1. The summed E-state index contributed by atoms with van der Waals surface area (Å²) in [6, 6.07) is 11.4. The minimum atomic E-state index is -4.06. The molecule has 152 valence electrons. The van der Waals surface area contributed by atoms with E-state index in [0.717, 1.165) is 9.87 Å². The molecule has 0 amide bonds. The summed E-state index contributed by atoms with van der Waals surface area (Å²) in [5, 5.41) is 0. The molecule has 0 unspecified atom stereocenters. The van der Waals surface area contributed by atoms with E-state index >= 15 is 0 Å². The SMILES string of the molecule is CCOC(=O)CN(c1ccccc1CC)S(=O)(=O)c1ccc(OC)c(OC)c1. The molecule has 0 bridgehead atoms. The predicted octanol–water partition coefficient (Wildman–Crippen LogP) is 3.02. The largest absolute Gasteiger partial charge is 0.493 e. The number of benzene rings is 2. The Labute approximate surface area is 165 Å². The summed E-state index contributed by atoms with van der Waals surface area (Å²) < 4.78 is 43.3. The zero-order valence-electron chi connectivity index (χ0n) is 16.5. The fraction of sp³-hybridized carbons (Fsp3) is 0.350. The fourth-order valence-corrected chi connectivity index (χ4v) is 4.24. The average Bonchev–Trinajstić information content (AvgIpc) is 2.71. The maximum Gasteiger partial charge on any atom is 0.326 e. The van der Waals surface area contributed by atoms with Crippen LogP contribution in [0.25, 0.3) is 0 Å². The Kier molecular flexibility index (Phi) is 7.28. The minimum Gasteiger partial charge on any atom is -0.493 e. The van der Waals surface area contributed by atoms with Crippen LogP contribution in [0.3, 0.4) is 0 Å². The molecule has 0 N–H and O–H groups in total. The highest BCUT2D eigenvalue weighted by Crippen LogP contribution is 2.33. The predicted molar refractivity (Wildman–Crippen MR) is 107 cm³/mol. The van der Waals surface area contributed by atoms with Crippen LogP contribution < -0.4 is 13.8 Å². The number of methoxy groups -OCH3 is 2. The number of sulfonamides is 1. The molecule has 0 saturated heterocycles. The maximum absolute atomic E-state index is 13.4. The number of hydrogen-bond donors (Lipinski definition) is 0. The van der Waals surface area contributed by atoms with Crippen LogP contribution in [0.4, 0.5) is 5.69 Å². The lowest BCUT2D eigenvalue weighted by Gasteiger charge is -2.26.